The molecule has 1 aliphatic heterocycles. The van der Waals surface area contributed by atoms with Crippen LogP contribution in [0, 0.1) is 0 Å². The normalized spacial score (nSPS) is 16.8. The molecule has 2 heterocycles. The lowest BCUT2D eigenvalue weighted by molar-refractivity contribution is -0.144. The lowest BCUT2D eigenvalue weighted by Crippen LogP contribution is -2.48. The Labute approximate surface area is 143 Å². The number of aryl methyl sites for hydroxylation is 1. The van der Waals surface area contributed by atoms with Crippen molar-refractivity contribution in [1.82, 2.24) is 14.4 Å². The third kappa shape index (κ3) is 2.85. The van der Waals surface area contributed by atoms with Crippen LogP contribution in [-0.2, 0) is 16.6 Å². The van der Waals surface area contributed by atoms with E-state index in [9.17, 15) is 24.6 Å². The summed E-state index contributed by atoms with van der Waals surface area (Å²) in [6.07, 6.45) is 0.744. The van der Waals surface area contributed by atoms with Gasteiger partial charge in [0.1, 0.15) is 11.7 Å². The molecular formula is C17H19N3O5. The monoisotopic (exact) mass is 345 g/mol. The molecule has 3 rings (SSSR count). The number of carbonyl (C=O) groups is 3. The number of benzene rings is 1. The van der Waals surface area contributed by atoms with Crippen LogP contribution in [0.4, 0.5) is 0 Å². The zero-order chi connectivity index (χ0) is 18.1. The number of hydrogen-bond acceptors (Lipinski definition) is 4. The molecular weight excluding hydrogens is 326 g/mol. The van der Waals surface area contributed by atoms with Crippen LogP contribution in [0.3, 0.4) is 0 Å². The highest BCUT2D eigenvalue weighted by molar-refractivity contribution is 6.01. The Morgan fingerprint density at radius 1 is 1.12 bits per heavy atom. The Bertz CT molecular complexity index is 836. The third-order valence-electron chi connectivity index (χ3n) is 4.72. The van der Waals surface area contributed by atoms with E-state index in [0.717, 1.165) is 6.41 Å². The van der Waals surface area contributed by atoms with E-state index in [1.807, 2.05) is 0 Å². The van der Waals surface area contributed by atoms with Crippen molar-refractivity contribution >= 4 is 29.3 Å². The number of hydrogen-bond donors (Lipinski definition) is 2. The third-order valence-corrected chi connectivity index (χ3v) is 4.72. The summed E-state index contributed by atoms with van der Waals surface area (Å²) in [5, 5.41) is 20.1. The molecule has 2 aromatic rings. The fourth-order valence-corrected chi connectivity index (χ4v) is 3.52. The van der Waals surface area contributed by atoms with Gasteiger partial charge >= 0.3 is 11.9 Å². The molecule has 0 saturated carbocycles. The summed E-state index contributed by atoms with van der Waals surface area (Å²) in [7, 11) is 1.62. The summed E-state index contributed by atoms with van der Waals surface area (Å²) in [6.45, 7) is 1.58. The van der Waals surface area contributed by atoms with Gasteiger partial charge in [-0.1, -0.05) is 18.2 Å². The first-order chi connectivity index (χ1) is 12.0. The molecule has 1 saturated heterocycles. The van der Waals surface area contributed by atoms with Gasteiger partial charge in [0.2, 0.25) is 6.41 Å². The van der Waals surface area contributed by atoms with Crippen LogP contribution in [0.1, 0.15) is 22.1 Å². The molecule has 8 heteroatoms. The quantitative estimate of drug-likeness (QED) is 0.776. The molecule has 8 nitrogen and oxygen atoms in total. The van der Waals surface area contributed by atoms with Crippen LogP contribution in [0.15, 0.2) is 24.3 Å². The van der Waals surface area contributed by atoms with Gasteiger partial charge in [0, 0.05) is 49.7 Å². The second kappa shape index (κ2) is 6.56. The second-order valence-corrected chi connectivity index (χ2v) is 6.06. The van der Waals surface area contributed by atoms with E-state index in [-0.39, 0.29) is 11.3 Å². The van der Waals surface area contributed by atoms with Crippen LogP contribution in [-0.4, -0.2) is 69.1 Å². The summed E-state index contributed by atoms with van der Waals surface area (Å²) < 4.78 is 1.52. The van der Waals surface area contributed by atoms with Gasteiger partial charge in [-0.3, -0.25) is 14.5 Å². The highest BCUT2D eigenvalue weighted by Crippen LogP contribution is 2.34. The SMILES string of the molecule is Cn1c(C(=O)O)c(C(C(=O)O)N2CCN(C=O)CC2)c2ccccc21. The van der Waals surface area contributed by atoms with Crippen molar-refractivity contribution in [1.29, 1.82) is 0 Å². The Balaban J connectivity index is 2.14. The zero-order valence-corrected chi connectivity index (χ0v) is 13.8. The largest absolute Gasteiger partial charge is 0.480 e. The Kier molecular flexibility index (Phi) is 4.45. The average molecular weight is 345 g/mol. The summed E-state index contributed by atoms with van der Waals surface area (Å²) in [6, 6.07) is 5.99. The number of carboxylic acid groups (broad SMARTS) is 2. The molecule has 0 spiro atoms. The lowest BCUT2D eigenvalue weighted by atomic mass is 10.00. The molecule has 1 unspecified atom stereocenters. The maximum Gasteiger partial charge on any atom is 0.352 e. The predicted molar refractivity (Wildman–Crippen MR) is 89.5 cm³/mol. The van der Waals surface area contributed by atoms with Crippen molar-refractivity contribution in [3.05, 3.63) is 35.5 Å². The fourth-order valence-electron chi connectivity index (χ4n) is 3.52. The van der Waals surface area contributed by atoms with E-state index < -0.39 is 18.0 Å². The Morgan fingerprint density at radius 3 is 2.32 bits per heavy atom. The molecule has 1 atom stereocenters. The highest BCUT2D eigenvalue weighted by atomic mass is 16.4. The summed E-state index contributed by atoms with van der Waals surface area (Å²) in [5.41, 5.74) is 0.941. The van der Waals surface area contributed by atoms with Gasteiger partial charge in [-0.05, 0) is 6.07 Å². The smallest absolute Gasteiger partial charge is 0.352 e. The number of carboxylic acids is 2. The van der Waals surface area contributed by atoms with Gasteiger partial charge in [-0.15, -0.1) is 0 Å². The highest BCUT2D eigenvalue weighted by Gasteiger charge is 2.36. The predicted octanol–water partition coefficient (Wildman–Crippen LogP) is 0.776. The number of aliphatic carboxylic acids is 1. The van der Waals surface area contributed by atoms with Gasteiger partial charge < -0.3 is 19.7 Å². The fraction of sp³-hybridized carbons (Fsp3) is 0.353. The van der Waals surface area contributed by atoms with Crippen LogP contribution >= 0.6 is 0 Å². The zero-order valence-electron chi connectivity index (χ0n) is 13.8. The molecule has 2 N–H and O–H groups in total. The van der Waals surface area contributed by atoms with Gasteiger partial charge in [-0.2, -0.15) is 0 Å². The number of para-hydroxylation sites is 1. The van der Waals surface area contributed by atoms with Crippen molar-refractivity contribution in [2.24, 2.45) is 7.05 Å². The standard InChI is InChI=1S/C17H19N3O5/c1-18-12-5-3-2-4-11(12)13(14(18)16(22)23)15(17(24)25)20-8-6-19(10-21)7-9-20/h2-5,10,15H,6-9H2,1H3,(H,22,23)(H,24,25). The number of aromatic carboxylic acids is 1. The molecule has 0 bridgehead atoms. The maximum atomic E-state index is 12.1. The molecule has 0 radical (unpaired) electrons. The number of rotatable bonds is 5. The topological polar surface area (TPSA) is 103 Å². The molecule has 1 fully saturated rings. The Hall–Kier alpha value is -2.87. The summed E-state index contributed by atoms with van der Waals surface area (Å²) in [5.74, 6) is -2.26. The van der Waals surface area contributed by atoms with E-state index in [1.165, 1.54) is 4.57 Å². The summed E-state index contributed by atoms with van der Waals surface area (Å²) in [4.78, 5) is 38.1. The van der Waals surface area contributed by atoms with Gasteiger partial charge in [-0.25, -0.2) is 4.79 Å². The number of amides is 1. The van der Waals surface area contributed by atoms with E-state index in [2.05, 4.69) is 0 Å². The van der Waals surface area contributed by atoms with Crippen LogP contribution in [0.5, 0.6) is 0 Å². The van der Waals surface area contributed by atoms with Crippen molar-refractivity contribution in [3.63, 3.8) is 0 Å². The van der Waals surface area contributed by atoms with E-state index >= 15 is 0 Å². The molecule has 1 amide bonds. The van der Waals surface area contributed by atoms with Gasteiger partial charge in [0.25, 0.3) is 0 Å². The summed E-state index contributed by atoms with van der Waals surface area (Å²) >= 11 is 0. The maximum absolute atomic E-state index is 12.1. The van der Waals surface area contributed by atoms with E-state index in [4.69, 9.17) is 0 Å². The average Bonchev–Trinajstić information content (AvgIpc) is 2.89. The molecule has 25 heavy (non-hydrogen) atoms. The number of nitrogens with zero attached hydrogens (tertiary/aromatic N) is 3. The minimum Gasteiger partial charge on any atom is -0.480 e. The van der Waals surface area contributed by atoms with Crippen molar-refractivity contribution < 1.29 is 24.6 Å². The van der Waals surface area contributed by atoms with E-state index in [1.54, 1.807) is 41.1 Å². The number of carbonyl (C=O) groups excluding carboxylic acids is 1. The van der Waals surface area contributed by atoms with Gasteiger partial charge in [0.15, 0.2) is 0 Å². The first-order valence-electron chi connectivity index (χ1n) is 7.92. The second-order valence-electron chi connectivity index (χ2n) is 6.06. The molecule has 1 aliphatic rings. The number of piperazine rings is 1. The van der Waals surface area contributed by atoms with Crippen molar-refractivity contribution in [3.8, 4) is 0 Å². The van der Waals surface area contributed by atoms with Gasteiger partial charge in [0.05, 0.1) is 0 Å². The number of fused-ring (bicyclic) bond motifs is 1. The van der Waals surface area contributed by atoms with Crippen LogP contribution < -0.4 is 0 Å². The van der Waals surface area contributed by atoms with Crippen LogP contribution in [0.25, 0.3) is 10.9 Å². The van der Waals surface area contributed by atoms with Crippen molar-refractivity contribution in [2.75, 3.05) is 26.2 Å². The van der Waals surface area contributed by atoms with E-state index in [0.29, 0.717) is 37.1 Å². The minimum absolute atomic E-state index is 0.0218. The Morgan fingerprint density at radius 2 is 1.76 bits per heavy atom. The molecule has 1 aromatic carbocycles. The lowest BCUT2D eigenvalue weighted by Gasteiger charge is -2.36. The van der Waals surface area contributed by atoms with Crippen molar-refractivity contribution in [2.45, 2.75) is 6.04 Å². The first kappa shape index (κ1) is 17.0. The van der Waals surface area contributed by atoms with Crippen LogP contribution in [0.2, 0.25) is 0 Å². The molecule has 1 aromatic heterocycles. The first-order valence-corrected chi connectivity index (χ1v) is 7.92. The minimum atomic E-state index is -1.16. The molecule has 0 aliphatic carbocycles. The number of aromatic nitrogens is 1. The molecule has 132 valence electrons.